The molecule has 0 atom stereocenters. The Labute approximate surface area is 140 Å². The van der Waals surface area contributed by atoms with Crippen molar-refractivity contribution in [3.05, 3.63) is 35.3 Å². The lowest BCUT2D eigenvalue weighted by molar-refractivity contribution is 0.189. The van der Waals surface area contributed by atoms with E-state index in [0.717, 1.165) is 30.2 Å². The number of urea groups is 1. The maximum atomic E-state index is 13.4. The number of aryl methyl sites for hydroxylation is 1. The molecule has 24 heavy (non-hydrogen) atoms. The summed E-state index contributed by atoms with van der Waals surface area (Å²) < 4.78 is 19.1. The summed E-state index contributed by atoms with van der Waals surface area (Å²) in [4.78, 5) is 14.3. The molecule has 1 aliphatic carbocycles. The molecule has 130 valence electrons. The molecule has 0 unspecified atom stereocenters. The first-order valence-corrected chi connectivity index (χ1v) is 8.43. The number of unbranched alkanes of at least 4 members (excludes halogenated alkanes) is 1. The van der Waals surface area contributed by atoms with E-state index in [1.54, 1.807) is 6.07 Å². The van der Waals surface area contributed by atoms with Crippen molar-refractivity contribution in [1.29, 1.82) is 0 Å². The lowest BCUT2D eigenvalue weighted by Gasteiger charge is -2.22. The van der Waals surface area contributed by atoms with Crippen LogP contribution >= 0.6 is 0 Å². The molecule has 2 N–H and O–H groups in total. The molecule has 1 fully saturated rings. The maximum Gasteiger partial charge on any atom is 0.318 e. The fourth-order valence-corrected chi connectivity index (χ4v) is 2.90. The first kappa shape index (κ1) is 16.8. The van der Waals surface area contributed by atoms with Gasteiger partial charge < -0.3 is 19.7 Å². The Balaban J connectivity index is 1.63. The number of aliphatic hydroxyl groups excluding tert-OH is 1. The molecule has 1 heterocycles. The van der Waals surface area contributed by atoms with E-state index in [4.69, 9.17) is 9.52 Å². The van der Waals surface area contributed by atoms with Crippen molar-refractivity contribution in [2.45, 2.75) is 45.2 Å². The van der Waals surface area contributed by atoms with Crippen LogP contribution in [0.1, 0.15) is 37.0 Å². The summed E-state index contributed by atoms with van der Waals surface area (Å²) in [5, 5.41) is 12.5. The van der Waals surface area contributed by atoms with E-state index in [-0.39, 0.29) is 25.0 Å². The van der Waals surface area contributed by atoms with Crippen LogP contribution in [-0.2, 0) is 6.54 Å². The summed E-state index contributed by atoms with van der Waals surface area (Å²) in [6.45, 7) is 2.95. The van der Waals surface area contributed by atoms with Gasteiger partial charge in [0, 0.05) is 30.1 Å². The second-order valence-corrected chi connectivity index (χ2v) is 6.30. The first-order chi connectivity index (χ1) is 11.6. The molecule has 1 aromatic heterocycles. The lowest BCUT2D eigenvalue weighted by Crippen LogP contribution is -2.41. The van der Waals surface area contributed by atoms with E-state index in [0.29, 0.717) is 30.4 Å². The minimum Gasteiger partial charge on any atom is -0.459 e. The smallest absolute Gasteiger partial charge is 0.318 e. The molecule has 1 aromatic carbocycles. The van der Waals surface area contributed by atoms with Crippen molar-refractivity contribution in [3.63, 3.8) is 0 Å². The van der Waals surface area contributed by atoms with E-state index in [9.17, 15) is 9.18 Å². The third kappa shape index (κ3) is 3.70. The Morgan fingerprint density at radius 3 is 2.92 bits per heavy atom. The molecular weight excluding hydrogens is 311 g/mol. The number of amides is 2. The number of nitrogens with one attached hydrogen (secondary N) is 1. The molecule has 0 radical (unpaired) electrons. The van der Waals surface area contributed by atoms with Crippen molar-refractivity contribution in [2.24, 2.45) is 0 Å². The number of rotatable bonds is 7. The highest BCUT2D eigenvalue weighted by atomic mass is 19.1. The average Bonchev–Trinajstić information content (AvgIpc) is 3.36. The molecular formula is C18H23FN2O3. The van der Waals surface area contributed by atoms with Crippen molar-refractivity contribution in [2.75, 3.05) is 13.2 Å². The molecule has 3 rings (SSSR count). The van der Waals surface area contributed by atoms with Crippen molar-refractivity contribution >= 4 is 17.0 Å². The molecule has 2 amide bonds. The van der Waals surface area contributed by atoms with Crippen LogP contribution in [0.2, 0.25) is 0 Å². The van der Waals surface area contributed by atoms with Gasteiger partial charge in [0.1, 0.15) is 17.2 Å². The standard InChI is InChI=1S/C18H23FN2O3/c1-12-15-10-13(19)4-7-16(15)24-17(12)11-20-18(23)21(14-5-6-14)8-2-3-9-22/h4,7,10,14,22H,2-3,5-6,8-9,11H2,1H3,(H,20,23). The molecule has 1 aliphatic rings. The summed E-state index contributed by atoms with van der Waals surface area (Å²) in [7, 11) is 0. The predicted octanol–water partition coefficient (Wildman–Crippen LogP) is 3.33. The summed E-state index contributed by atoms with van der Waals surface area (Å²) in [6, 6.07) is 4.62. The lowest BCUT2D eigenvalue weighted by atomic mass is 10.1. The highest BCUT2D eigenvalue weighted by Gasteiger charge is 2.32. The minimum absolute atomic E-state index is 0.110. The van der Waals surface area contributed by atoms with Gasteiger partial charge in [0.2, 0.25) is 0 Å². The van der Waals surface area contributed by atoms with Crippen LogP contribution in [0.25, 0.3) is 11.0 Å². The molecule has 0 bridgehead atoms. The fourth-order valence-electron chi connectivity index (χ4n) is 2.90. The van der Waals surface area contributed by atoms with E-state index in [1.807, 2.05) is 11.8 Å². The Kier molecular flexibility index (Phi) is 5.04. The zero-order valence-electron chi connectivity index (χ0n) is 13.8. The quantitative estimate of drug-likeness (QED) is 0.763. The second kappa shape index (κ2) is 7.21. The fraction of sp³-hybridized carbons (Fsp3) is 0.500. The van der Waals surface area contributed by atoms with Gasteiger partial charge in [0.05, 0.1) is 6.54 Å². The number of aliphatic hydroxyl groups is 1. The van der Waals surface area contributed by atoms with Gasteiger partial charge in [-0.05, 0) is 50.8 Å². The monoisotopic (exact) mass is 334 g/mol. The molecule has 0 saturated heterocycles. The van der Waals surface area contributed by atoms with Gasteiger partial charge >= 0.3 is 6.03 Å². The number of halogens is 1. The number of nitrogens with zero attached hydrogens (tertiary/aromatic N) is 1. The maximum absolute atomic E-state index is 13.4. The van der Waals surface area contributed by atoms with E-state index >= 15 is 0 Å². The van der Waals surface area contributed by atoms with E-state index < -0.39 is 0 Å². The highest BCUT2D eigenvalue weighted by Crippen LogP contribution is 2.28. The third-order valence-electron chi connectivity index (χ3n) is 4.45. The molecule has 2 aromatic rings. The first-order valence-electron chi connectivity index (χ1n) is 8.43. The van der Waals surface area contributed by atoms with E-state index in [2.05, 4.69) is 5.32 Å². The van der Waals surface area contributed by atoms with Crippen LogP contribution in [0.15, 0.2) is 22.6 Å². The van der Waals surface area contributed by atoms with Crippen molar-refractivity contribution in [1.82, 2.24) is 10.2 Å². The summed E-state index contributed by atoms with van der Waals surface area (Å²) in [6.07, 6.45) is 3.57. The number of carbonyl (C=O) groups is 1. The zero-order chi connectivity index (χ0) is 17.1. The van der Waals surface area contributed by atoms with Gasteiger partial charge in [0.25, 0.3) is 0 Å². The highest BCUT2D eigenvalue weighted by molar-refractivity contribution is 5.82. The number of hydrogen-bond acceptors (Lipinski definition) is 3. The largest absolute Gasteiger partial charge is 0.459 e. The number of carbonyl (C=O) groups excluding carboxylic acids is 1. The Hall–Kier alpha value is -2.08. The van der Waals surface area contributed by atoms with Crippen molar-refractivity contribution < 1.29 is 18.7 Å². The molecule has 0 spiro atoms. The number of hydrogen-bond donors (Lipinski definition) is 2. The number of benzene rings is 1. The summed E-state index contributed by atoms with van der Waals surface area (Å²) in [5.41, 5.74) is 1.48. The van der Waals surface area contributed by atoms with Crippen LogP contribution in [0.3, 0.4) is 0 Å². The normalized spacial score (nSPS) is 14.1. The topological polar surface area (TPSA) is 65.7 Å². The number of furan rings is 1. The Morgan fingerprint density at radius 2 is 2.21 bits per heavy atom. The molecule has 6 heteroatoms. The zero-order valence-corrected chi connectivity index (χ0v) is 13.8. The van der Waals surface area contributed by atoms with Gasteiger partial charge in [-0.1, -0.05) is 0 Å². The van der Waals surface area contributed by atoms with Gasteiger partial charge in [0.15, 0.2) is 0 Å². The van der Waals surface area contributed by atoms with E-state index in [1.165, 1.54) is 12.1 Å². The van der Waals surface area contributed by atoms with Crippen LogP contribution in [0.5, 0.6) is 0 Å². The van der Waals surface area contributed by atoms with Gasteiger partial charge in [-0.25, -0.2) is 9.18 Å². The van der Waals surface area contributed by atoms with Gasteiger partial charge in [-0.15, -0.1) is 0 Å². The summed E-state index contributed by atoms with van der Waals surface area (Å²) >= 11 is 0. The van der Waals surface area contributed by atoms with Gasteiger partial charge in [-0.2, -0.15) is 0 Å². The Morgan fingerprint density at radius 1 is 1.42 bits per heavy atom. The molecule has 5 nitrogen and oxygen atoms in total. The Bertz CT molecular complexity index is 724. The van der Waals surface area contributed by atoms with Crippen molar-refractivity contribution in [3.8, 4) is 0 Å². The number of fused-ring (bicyclic) bond motifs is 1. The molecule has 0 aliphatic heterocycles. The minimum atomic E-state index is -0.300. The van der Waals surface area contributed by atoms with Crippen LogP contribution in [-0.4, -0.2) is 35.2 Å². The average molecular weight is 334 g/mol. The predicted molar refractivity (Wildman–Crippen MR) is 89.2 cm³/mol. The molecule has 1 saturated carbocycles. The van der Waals surface area contributed by atoms with Crippen LogP contribution in [0, 0.1) is 12.7 Å². The summed E-state index contributed by atoms with van der Waals surface area (Å²) in [5.74, 6) is 0.348. The SMILES string of the molecule is Cc1c(CNC(=O)N(CCCCO)C2CC2)oc2ccc(F)cc12. The second-order valence-electron chi connectivity index (χ2n) is 6.30. The van der Waals surface area contributed by atoms with Gasteiger partial charge in [-0.3, -0.25) is 0 Å². The van der Waals surface area contributed by atoms with Crippen LogP contribution in [0.4, 0.5) is 9.18 Å². The van der Waals surface area contributed by atoms with Crippen LogP contribution < -0.4 is 5.32 Å². The third-order valence-corrected chi connectivity index (χ3v) is 4.45.